The van der Waals surface area contributed by atoms with Gasteiger partial charge in [-0.3, -0.25) is 0 Å². The lowest BCUT2D eigenvalue weighted by molar-refractivity contribution is 0.336. The van der Waals surface area contributed by atoms with Crippen molar-refractivity contribution in [1.29, 1.82) is 0 Å². The summed E-state index contributed by atoms with van der Waals surface area (Å²) >= 11 is 0. The molecule has 0 spiro atoms. The number of nitrogens with one attached hydrogen (secondary N) is 1. The van der Waals surface area contributed by atoms with Crippen LogP contribution in [0.15, 0.2) is 24.3 Å². The molecule has 13 heavy (non-hydrogen) atoms. The molecule has 1 saturated heterocycles. The van der Waals surface area contributed by atoms with Crippen molar-refractivity contribution in [3.8, 4) is 5.75 Å². The van der Waals surface area contributed by atoms with E-state index in [0.717, 1.165) is 18.9 Å². The van der Waals surface area contributed by atoms with Crippen molar-refractivity contribution in [2.24, 2.45) is 0 Å². The molecule has 0 aromatic heterocycles. The van der Waals surface area contributed by atoms with Gasteiger partial charge in [0, 0.05) is 6.04 Å². The first-order valence-corrected chi connectivity index (χ1v) is 4.86. The van der Waals surface area contributed by atoms with E-state index in [1.165, 1.54) is 12.0 Å². The Morgan fingerprint density at radius 1 is 1.54 bits per heavy atom. The molecule has 2 nitrogen and oxygen atoms in total. The molecule has 0 unspecified atom stereocenters. The fraction of sp³-hybridized carbons (Fsp3) is 0.455. The molecule has 1 atom stereocenters. The van der Waals surface area contributed by atoms with E-state index in [-0.39, 0.29) is 0 Å². The fourth-order valence-corrected chi connectivity index (χ4v) is 1.56. The van der Waals surface area contributed by atoms with E-state index in [9.17, 15) is 0 Å². The first-order valence-electron chi connectivity index (χ1n) is 4.86. The summed E-state index contributed by atoms with van der Waals surface area (Å²) in [4.78, 5) is 0. The molecule has 1 heterocycles. The van der Waals surface area contributed by atoms with Crippen LogP contribution in [0.25, 0.3) is 0 Å². The summed E-state index contributed by atoms with van der Waals surface area (Å²) < 4.78 is 5.44. The Bertz CT molecular complexity index is 281. The second-order valence-corrected chi connectivity index (χ2v) is 3.30. The third kappa shape index (κ3) is 1.83. The lowest BCUT2D eigenvalue weighted by Crippen LogP contribution is -2.34. The Hall–Kier alpha value is -1.02. The highest BCUT2D eigenvalue weighted by atomic mass is 16.5. The molecule has 1 aromatic rings. The summed E-state index contributed by atoms with van der Waals surface area (Å²) in [7, 11) is 0. The number of rotatable bonds is 3. The molecule has 0 amide bonds. The van der Waals surface area contributed by atoms with Crippen LogP contribution >= 0.6 is 0 Å². The minimum absolute atomic E-state index is 0.556. The highest BCUT2D eigenvalue weighted by Crippen LogP contribution is 2.25. The van der Waals surface area contributed by atoms with Gasteiger partial charge in [0.15, 0.2) is 0 Å². The summed E-state index contributed by atoms with van der Waals surface area (Å²) in [5, 5.41) is 3.38. The van der Waals surface area contributed by atoms with Gasteiger partial charge >= 0.3 is 0 Å². The molecular weight excluding hydrogens is 162 g/mol. The van der Waals surface area contributed by atoms with E-state index in [4.69, 9.17) is 4.74 Å². The number of hydrogen-bond donors (Lipinski definition) is 1. The van der Waals surface area contributed by atoms with Crippen molar-refractivity contribution >= 4 is 0 Å². The molecular formula is C11H15NO. The molecule has 1 aliphatic rings. The van der Waals surface area contributed by atoms with Crippen molar-refractivity contribution in [3.05, 3.63) is 29.8 Å². The van der Waals surface area contributed by atoms with Gasteiger partial charge in [0.2, 0.25) is 0 Å². The predicted molar refractivity (Wildman–Crippen MR) is 53.0 cm³/mol. The smallest absolute Gasteiger partial charge is 0.119 e. The molecule has 70 valence electrons. The third-order valence-electron chi connectivity index (χ3n) is 2.40. The van der Waals surface area contributed by atoms with Crippen LogP contribution in [-0.2, 0) is 0 Å². The van der Waals surface area contributed by atoms with Gasteiger partial charge in [-0.15, -0.1) is 0 Å². The average Bonchev–Trinajstić information content (AvgIpc) is 2.02. The second kappa shape index (κ2) is 3.79. The van der Waals surface area contributed by atoms with Gasteiger partial charge in [-0.25, -0.2) is 0 Å². The maximum atomic E-state index is 5.44. The van der Waals surface area contributed by atoms with Crippen molar-refractivity contribution in [3.63, 3.8) is 0 Å². The van der Waals surface area contributed by atoms with Crippen LogP contribution in [0.1, 0.15) is 24.9 Å². The normalized spacial score (nSPS) is 20.8. The lowest BCUT2D eigenvalue weighted by Gasteiger charge is -2.28. The van der Waals surface area contributed by atoms with Gasteiger partial charge in [-0.05, 0) is 37.6 Å². The molecule has 1 aliphatic heterocycles. The minimum Gasteiger partial charge on any atom is -0.494 e. The molecule has 0 aliphatic carbocycles. The van der Waals surface area contributed by atoms with Crippen molar-refractivity contribution < 1.29 is 4.74 Å². The fourth-order valence-electron chi connectivity index (χ4n) is 1.56. The maximum absolute atomic E-state index is 5.44. The van der Waals surface area contributed by atoms with Crippen LogP contribution in [-0.4, -0.2) is 13.2 Å². The molecule has 0 radical (unpaired) electrons. The van der Waals surface area contributed by atoms with Crippen LogP contribution in [0, 0.1) is 0 Å². The Labute approximate surface area is 78.9 Å². The maximum Gasteiger partial charge on any atom is 0.119 e. The molecule has 1 aromatic carbocycles. The van der Waals surface area contributed by atoms with Gasteiger partial charge < -0.3 is 10.1 Å². The van der Waals surface area contributed by atoms with Crippen molar-refractivity contribution in [1.82, 2.24) is 5.32 Å². The summed E-state index contributed by atoms with van der Waals surface area (Å²) in [6.07, 6.45) is 1.25. The number of ether oxygens (including phenoxy) is 1. The van der Waals surface area contributed by atoms with E-state index in [1.807, 2.05) is 13.0 Å². The van der Waals surface area contributed by atoms with Crippen molar-refractivity contribution in [2.75, 3.05) is 13.2 Å². The Morgan fingerprint density at radius 2 is 2.38 bits per heavy atom. The monoisotopic (exact) mass is 177 g/mol. The van der Waals surface area contributed by atoms with Crippen LogP contribution in [0.5, 0.6) is 5.75 Å². The van der Waals surface area contributed by atoms with E-state index in [0.29, 0.717) is 6.04 Å². The van der Waals surface area contributed by atoms with Gasteiger partial charge in [-0.1, -0.05) is 12.1 Å². The summed E-state index contributed by atoms with van der Waals surface area (Å²) in [6, 6.07) is 8.89. The molecule has 0 saturated carbocycles. The standard InChI is InChI=1S/C11H15NO/c1-2-13-10-5-3-4-9(8-10)11-6-7-12-11/h3-5,8,11-12H,2,6-7H2,1H3/t11-/m0/s1. The highest BCUT2D eigenvalue weighted by Gasteiger charge is 2.18. The molecule has 0 bridgehead atoms. The summed E-state index contributed by atoms with van der Waals surface area (Å²) in [5.41, 5.74) is 1.34. The highest BCUT2D eigenvalue weighted by molar-refractivity contribution is 5.31. The van der Waals surface area contributed by atoms with Crippen LogP contribution in [0.3, 0.4) is 0 Å². The zero-order chi connectivity index (χ0) is 9.10. The van der Waals surface area contributed by atoms with Crippen LogP contribution in [0.2, 0.25) is 0 Å². The third-order valence-corrected chi connectivity index (χ3v) is 2.40. The Balaban J connectivity index is 2.11. The molecule has 2 rings (SSSR count). The van der Waals surface area contributed by atoms with E-state index in [1.54, 1.807) is 0 Å². The van der Waals surface area contributed by atoms with Gasteiger partial charge in [0.25, 0.3) is 0 Å². The number of benzene rings is 1. The number of hydrogen-bond acceptors (Lipinski definition) is 2. The first-order chi connectivity index (χ1) is 6.40. The molecule has 1 N–H and O–H groups in total. The SMILES string of the molecule is CCOc1cccc([C@@H]2CCN2)c1. The van der Waals surface area contributed by atoms with Gasteiger partial charge in [0.1, 0.15) is 5.75 Å². The van der Waals surface area contributed by atoms with E-state index in [2.05, 4.69) is 23.5 Å². The topological polar surface area (TPSA) is 21.3 Å². The summed E-state index contributed by atoms with van der Waals surface area (Å²) in [5.74, 6) is 0.980. The lowest BCUT2D eigenvalue weighted by atomic mass is 9.98. The molecule has 2 heteroatoms. The van der Waals surface area contributed by atoms with E-state index >= 15 is 0 Å². The Morgan fingerprint density at radius 3 is 3.00 bits per heavy atom. The zero-order valence-corrected chi connectivity index (χ0v) is 7.92. The van der Waals surface area contributed by atoms with Crippen LogP contribution in [0.4, 0.5) is 0 Å². The first kappa shape index (κ1) is 8.57. The van der Waals surface area contributed by atoms with E-state index < -0.39 is 0 Å². The predicted octanol–water partition coefficient (Wildman–Crippen LogP) is 2.12. The van der Waals surface area contributed by atoms with Crippen LogP contribution < -0.4 is 10.1 Å². The minimum atomic E-state index is 0.556. The average molecular weight is 177 g/mol. The summed E-state index contributed by atoms with van der Waals surface area (Å²) in [6.45, 7) is 3.89. The van der Waals surface area contributed by atoms with Gasteiger partial charge in [0.05, 0.1) is 6.61 Å². The quantitative estimate of drug-likeness (QED) is 0.763. The molecule has 1 fully saturated rings. The van der Waals surface area contributed by atoms with Gasteiger partial charge in [-0.2, -0.15) is 0 Å². The van der Waals surface area contributed by atoms with Crippen molar-refractivity contribution in [2.45, 2.75) is 19.4 Å². The largest absolute Gasteiger partial charge is 0.494 e. The zero-order valence-electron chi connectivity index (χ0n) is 7.92. The second-order valence-electron chi connectivity index (χ2n) is 3.30. The Kier molecular flexibility index (Phi) is 2.50.